The Kier molecular flexibility index (Phi) is 2.44. The molecule has 1 N–H and O–H groups in total. The van der Waals surface area contributed by atoms with Crippen molar-refractivity contribution < 1.29 is 9.26 Å². The molecule has 0 spiro atoms. The van der Waals surface area contributed by atoms with Crippen LogP contribution in [0.4, 0.5) is 0 Å². The molecule has 5 heteroatoms. The highest BCUT2D eigenvalue weighted by Crippen LogP contribution is 2.43. The summed E-state index contributed by atoms with van der Waals surface area (Å²) in [5.41, 5.74) is -0.256. The molecule has 3 rings (SSSR count). The van der Waals surface area contributed by atoms with Crippen LogP contribution < -0.4 is 5.32 Å². The summed E-state index contributed by atoms with van der Waals surface area (Å²) >= 11 is 0. The Hall–Kier alpha value is -0.940. The van der Waals surface area contributed by atoms with Crippen molar-refractivity contribution >= 4 is 0 Å². The molecule has 0 amide bonds. The maximum absolute atomic E-state index is 5.54. The predicted octanol–water partition coefficient (Wildman–Crippen LogP) is 1.17. The minimum atomic E-state index is -0.256. The summed E-state index contributed by atoms with van der Waals surface area (Å²) in [7, 11) is 1.73. The Morgan fingerprint density at radius 2 is 2.38 bits per heavy atom. The lowest BCUT2D eigenvalue weighted by Crippen LogP contribution is -2.37. The number of hydrogen-bond donors (Lipinski definition) is 1. The van der Waals surface area contributed by atoms with Crippen molar-refractivity contribution in [1.29, 1.82) is 0 Å². The van der Waals surface area contributed by atoms with Gasteiger partial charge in [-0.15, -0.1) is 0 Å². The molecule has 1 aliphatic heterocycles. The summed E-state index contributed by atoms with van der Waals surface area (Å²) in [6, 6.07) is 0. The molecule has 1 saturated heterocycles. The van der Waals surface area contributed by atoms with Gasteiger partial charge in [0.25, 0.3) is 0 Å². The molecular weight excluding hydrogens is 206 g/mol. The van der Waals surface area contributed by atoms with Gasteiger partial charge in [-0.25, -0.2) is 0 Å². The third-order valence-corrected chi connectivity index (χ3v) is 3.81. The van der Waals surface area contributed by atoms with Gasteiger partial charge in [0.15, 0.2) is 0 Å². The van der Waals surface area contributed by atoms with E-state index in [-0.39, 0.29) is 5.60 Å². The second kappa shape index (κ2) is 3.82. The fourth-order valence-corrected chi connectivity index (χ4v) is 2.47. The molecule has 2 fully saturated rings. The number of rotatable bonds is 3. The van der Waals surface area contributed by atoms with Crippen LogP contribution in [0.5, 0.6) is 0 Å². The highest BCUT2D eigenvalue weighted by molar-refractivity contribution is 5.08. The van der Waals surface area contributed by atoms with Crippen LogP contribution in [0.2, 0.25) is 0 Å². The van der Waals surface area contributed by atoms with Crippen molar-refractivity contribution in [2.24, 2.45) is 0 Å². The fraction of sp³-hybridized carbons (Fsp3) is 0.818. The summed E-state index contributed by atoms with van der Waals surface area (Å²) < 4.78 is 10.9. The van der Waals surface area contributed by atoms with Gasteiger partial charge in [-0.1, -0.05) is 5.16 Å². The van der Waals surface area contributed by atoms with Crippen LogP contribution in [0.1, 0.15) is 43.3 Å². The topological polar surface area (TPSA) is 60.2 Å². The normalized spacial score (nSPS) is 27.9. The Labute approximate surface area is 94.6 Å². The minimum absolute atomic E-state index is 0.256. The molecule has 1 unspecified atom stereocenters. The highest BCUT2D eigenvalue weighted by atomic mass is 16.5. The molecule has 0 radical (unpaired) electrons. The lowest BCUT2D eigenvalue weighted by atomic mass is 9.79. The molecule has 1 aromatic rings. The Balaban J connectivity index is 1.81. The fourth-order valence-electron chi connectivity index (χ4n) is 2.47. The molecule has 1 atom stereocenters. The van der Waals surface area contributed by atoms with Gasteiger partial charge in [0.2, 0.25) is 11.7 Å². The average molecular weight is 223 g/mol. The van der Waals surface area contributed by atoms with Crippen LogP contribution in [0.25, 0.3) is 0 Å². The number of hydrogen-bond acceptors (Lipinski definition) is 5. The van der Waals surface area contributed by atoms with Gasteiger partial charge in [-0.05, 0) is 32.2 Å². The quantitative estimate of drug-likeness (QED) is 0.833. The highest BCUT2D eigenvalue weighted by Gasteiger charge is 2.43. The van der Waals surface area contributed by atoms with Gasteiger partial charge in [0, 0.05) is 13.7 Å². The molecule has 2 aliphatic rings. The van der Waals surface area contributed by atoms with Gasteiger partial charge in [-0.2, -0.15) is 4.98 Å². The van der Waals surface area contributed by atoms with Gasteiger partial charge in [0.05, 0.1) is 5.92 Å². The monoisotopic (exact) mass is 223 g/mol. The zero-order chi connectivity index (χ0) is 11.0. The summed E-state index contributed by atoms with van der Waals surface area (Å²) in [5.74, 6) is 1.89. The van der Waals surface area contributed by atoms with Crippen LogP contribution in [0.3, 0.4) is 0 Å². The van der Waals surface area contributed by atoms with Gasteiger partial charge in [0.1, 0.15) is 5.60 Å². The Bertz CT molecular complexity index is 362. The molecule has 2 heterocycles. The van der Waals surface area contributed by atoms with Crippen molar-refractivity contribution in [1.82, 2.24) is 15.5 Å². The average Bonchev–Trinajstić information content (AvgIpc) is 2.86. The van der Waals surface area contributed by atoms with E-state index in [1.807, 2.05) is 0 Å². The first kappa shape index (κ1) is 10.2. The molecule has 0 aromatic carbocycles. The number of methoxy groups -OCH3 is 1. The van der Waals surface area contributed by atoms with Crippen molar-refractivity contribution in [2.75, 3.05) is 20.2 Å². The van der Waals surface area contributed by atoms with Crippen LogP contribution >= 0.6 is 0 Å². The number of nitrogens with one attached hydrogen (secondary N) is 1. The third-order valence-electron chi connectivity index (χ3n) is 3.81. The molecule has 16 heavy (non-hydrogen) atoms. The maximum atomic E-state index is 5.54. The summed E-state index contributed by atoms with van der Waals surface area (Å²) in [4.78, 5) is 4.51. The third kappa shape index (κ3) is 1.46. The number of ether oxygens (including phenoxy) is 1. The summed E-state index contributed by atoms with van der Waals surface area (Å²) in [6.45, 7) is 1.99. The smallest absolute Gasteiger partial charge is 0.231 e. The minimum Gasteiger partial charge on any atom is -0.370 e. The second-order valence-corrected chi connectivity index (χ2v) is 4.70. The second-order valence-electron chi connectivity index (χ2n) is 4.70. The Morgan fingerprint density at radius 1 is 1.50 bits per heavy atom. The van der Waals surface area contributed by atoms with E-state index in [2.05, 4.69) is 15.5 Å². The van der Waals surface area contributed by atoms with Crippen LogP contribution in [-0.2, 0) is 10.3 Å². The maximum Gasteiger partial charge on any atom is 0.231 e. The molecule has 1 aromatic heterocycles. The summed E-state index contributed by atoms with van der Waals surface area (Å²) in [6.07, 6.45) is 4.28. The first-order valence-corrected chi connectivity index (χ1v) is 5.94. The molecular formula is C11H17N3O2. The first-order valence-electron chi connectivity index (χ1n) is 5.94. The molecule has 0 bridgehead atoms. The van der Waals surface area contributed by atoms with E-state index in [1.165, 1.54) is 6.42 Å². The lowest BCUT2D eigenvalue weighted by Gasteiger charge is -2.37. The standard InChI is InChI=1S/C11H17N3O2/c1-15-11(4-2-5-11)10-13-9(16-14-10)8-3-6-12-7-8/h8,12H,2-7H2,1H3. The van der Waals surface area contributed by atoms with Crippen LogP contribution in [0.15, 0.2) is 4.52 Å². The van der Waals surface area contributed by atoms with E-state index in [9.17, 15) is 0 Å². The van der Waals surface area contributed by atoms with Crippen molar-refractivity contribution in [2.45, 2.75) is 37.2 Å². The van der Waals surface area contributed by atoms with E-state index in [4.69, 9.17) is 9.26 Å². The molecule has 1 aliphatic carbocycles. The zero-order valence-corrected chi connectivity index (χ0v) is 9.53. The van der Waals surface area contributed by atoms with E-state index in [0.717, 1.165) is 44.1 Å². The number of aromatic nitrogens is 2. The first-order chi connectivity index (χ1) is 7.84. The van der Waals surface area contributed by atoms with Gasteiger partial charge >= 0.3 is 0 Å². The molecule has 1 saturated carbocycles. The van der Waals surface area contributed by atoms with E-state index in [0.29, 0.717) is 5.92 Å². The van der Waals surface area contributed by atoms with Gasteiger partial charge in [-0.3, -0.25) is 0 Å². The zero-order valence-electron chi connectivity index (χ0n) is 9.53. The lowest BCUT2D eigenvalue weighted by molar-refractivity contribution is -0.0858. The number of nitrogens with zero attached hydrogens (tertiary/aromatic N) is 2. The van der Waals surface area contributed by atoms with E-state index >= 15 is 0 Å². The Morgan fingerprint density at radius 3 is 2.94 bits per heavy atom. The van der Waals surface area contributed by atoms with Crippen molar-refractivity contribution in [3.8, 4) is 0 Å². The molecule has 5 nitrogen and oxygen atoms in total. The predicted molar refractivity (Wildman–Crippen MR) is 57.1 cm³/mol. The SMILES string of the molecule is COC1(c2noc(C3CCNC3)n2)CCC1. The van der Waals surface area contributed by atoms with Crippen LogP contribution in [0, 0.1) is 0 Å². The van der Waals surface area contributed by atoms with Crippen LogP contribution in [-0.4, -0.2) is 30.3 Å². The van der Waals surface area contributed by atoms with Gasteiger partial charge < -0.3 is 14.6 Å². The van der Waals surface area contributed by atoms with E-state index in [1.54, 1.807) is 7.11 Å². The largest absolute Gasteiger partial charge is 0.370 e. The van der Waals surface area contributed by atoms with Crippen molar-refractivity contribution in [3.05, 3.63) is 11.7 Å². The van der Waals surface area contributed by atoms with E-state index < -0.39 is 0 Å². The molecule has 88 valence electrons. The summed E-state index contributed by atoms with van der Waals surface area (Å²) in [5, 5.41) is 7.39. The van der Waals surface area contributed by atoms with Crippen molar-refractivity contribution in [3.63, 3.8) is 0 Å².